The molecule has 1 aromatic carbocycles. The number of nitrogens with zero attached hydrogens (tertiary/aromatic N) is 1. The first-order valence-corrected chi connectivity index (χ1v) is 10.9. The molecule has 2 aliphatic heterocycles. The number of imide groups is 1. The van der Waals surface area contributed by atoms with Crippen LogP contribution in [0.1, 0.15) is 31.7 Å². The van der Waals surface area contributed by atoms with Crippen molar-refractivity contribution in [2.75, 3.05) is 20.8 Å². The Morgan fingerprint density at radius 3 is 2.66 bits per heavy atom. The number of carbonyl (C=O) groups is 2. The summed E-state index contributed by atoms with van der Waals surface area (Å²) in [5, 5.41) is 10.9. The van der Waals surface area contributed by atoms with Gasteiger partial charge < -0.3 is 24.1 Å². The molecular weight excluding hydrogens is 414 g/mol. The lowest BCUT2D eigenvalue weighted by atomic mass is 9.88. The molecule has 0 unspecified atom stereocenters. The minimum atomic E-state index is -1.16. The predicted molar refractivity (Wildman–Crippen MR) is 117 cm³/mol. The van der Waals surface area contributed by atoms with Crippen molar-refractivity contribution in [3.63, 3.8) is 0 Å². The number of carbonyl (C=O) groups excluding carboxylic acids is 2. The number of rotatable bonds is 10. The van der Waals surface area contributed by atoms with E-state index in [2.05, 4.69) is 6.58 Å². The number of hydrogen-bond donors (Lipinski definition) is 1. The molecule has 0 radical (unpaired) electrons. The molecule has 0 bridgehead atoms. The summed E-state index contributed by atoms with van der Waals surface area (Å²) in [6.45, 7) is 6.04. The number of hydrogen-bond acceptors (Lipinski definition) is 7. The zero-order valence-electron chi connectivity index (χ0n) is 18.9. The highest BCUT2D eigenvalue weighted by molar-refractivity contribution is 5.93. The summed E-state index contributed by atoms with van der Waals surface area (Å²) >= 11 is 0. The Morgan fingerprint density at radius 1 is 1.31 bits per heavy atom. The van der Waals surface area contributed by atoms with Gasteiger partial charge in [-0.3, -0.25) is 4.79 Å². The van der Waals surface area contributed by atoms with Crippen LogP contribution in [0.4, 0.5) is 4.79 Å². The van der Waals surface area contributed by atoms with Gasteiger partial charge in [0.25, 0.3) is 0 Å². The smallest absolute Gasteiger partial charge is 0.416 e. The Hall–Kier alpha value is -2.26. The average Bonchev–Trinajstić information content (AvgIpc) is 3.32. The maximum atomic E-state index is 13.0. The van der Waals surface area contributed by atoms with Crippen LogP contribution in [0.25, 0.3) is 0 Å². The van der Waals surface area contributed by atoms with Gasteiger partial charge in [0.15, 0.2) is 6.29 Å². The average molecular weight is 448 g/mol. The molecule has 3 rings (SSSR count). The van der Waals surface area contributed by atoms with E-state index in [4.69, 9.17) is 18.9 Å². The lowest BCUT2D eigenvalue weighted by Crippen LogP contribution is -2.47. The second-order valence-corrected chi connectivity index (χ2v) is 8.58. The van der Waals surface area contributed by atoms with E-state index < -0.39 is 42.6 Å². The Balaban J connectivity index is 1.68. The molecular formula is C24H33NO7. The molecule has 1 N–H and O–H groups in total. The first-order valence-electron chi connectivity index (χ1n) is 10.9. The molecule has 2 fully saturated rings. The van der Waals surface area contributed by atoms with Gasteiger partial charge in [-0.05, 0) is 31.2 Å². The lowest BCUT2D eigenvalue weighted by molar-refractivity contribution is -0.168. The molecule has 2 amide bonds. The summed E-state index contributed by atoms with van der Waals surface area (Å²) in [7, 11) is 3.04. The molecule has 0 aliphatic carbocycles. The number of allylic oxidation sites excluding steroid dienone is 1. The lowest BCUT2D eigenvalue weighted by Gasteiger charge is -2.31. The molecule has 176 valence electrons. The number of amides is 2. The zero-order chi connectivity index (χ0) is 23.3. The van der Waals surface area contributed by atoms with Crippen LogP contribution in [-0.4, -0.2) is 73.5 Å². The van der Waals surface area contributed by atoms with Crippen molar-refractivity contribution in [1.29, 1.82) is 0 Å². The number of ether oxygens (including phenoxy) is 4. The van der Waals surface area contributed by atoms with Crippen LogP contribution in [0.3, 0.4) is 0 Å². The Bertz CT molecular complexity index is 799. The monoisotopic (exact) mass is 447 g/mol. The van der Waals surface area contributed by atoms with Crippen molar-refractivity contribution in [3.05, 3.63) is 48.0 Å². The largest absolute Gasteiger partial charge is 0.447 e. The third kappa shape index (κ3) is 5.75. The Labute approximate surface area is 189 Å². The summed E-state index contributed by atoms with van der Waals surface area (Å²) in [5.74, 6) is -0.463. The van der Waals surface area contributed by atoms with Crippen LogP contribution in [-0.2, 0) is 30.2 Å². The van der Waals surface area contributed by atoms with E-state index >= 15 is 0 Å². The van der Waals surface area contributed by atoms with E-state index in [0.717, 1.165) is 16.0 Å². The van der Waals surface area contributed by atoms with Gasteiger partial charge in [0, 0.05) is 20.6 Å². The second kappa shape index (κ2) is 11.0. The SMILES string of the molecule is C=C(C)C[C@@H]1C[C@H](OC)O[C@@H]1[C@H](OC)[C@@H](O)CC(=O)N1C(=O)OC[C@@H]1Cc1ccccc1. The maximum absolute atomic E-state index is 13.0. The minimum absolute atomic E-state index is 0.0368. The van der Waals surface area contributed by atoms with Gasteiger partial charge in [-0.15, -0.1) is 6.58 Å². The third-order valence-corrected chi connectivity index (χ3v) is 6.05. The van der Waals surface area contributed by atoms with E-state index in [-0.39, 0.29) is 18.9 Å². The summed E-state index contributed by atoms with van der Waals surface area (Å²) < 4.78 is 22.0. The third-order valence-electron chi connectivity index (χ3n) is 6.05. The van der Waals surface area contributed by atoms with E-state index in [1.165, 1.54) is 7.11 Å². The van der Waals surface area contributed by atoms with Gasteiger partial charge >= 0.3 is 6.09 Å². The van der Waals surface area contributed by atoms with E-state index in [0.29, 0.717) is 19.3 Å². The van der Waals surface area contributed by atoms with E-state index in [1.807, 2.05) is 37.3 Å². The molecule has 8 nitrogen and oxygen atoms in total. The standard InChI is InChI=1S/C24H33NO7/c1-15(2)10-17-12-21(29-3)32-22(17)23(30-4)19(26)13-20(27)25-18(14-31-24(25)28)11-16-8-6-5-7-9-16/h5-9,17-19,21-23,26H,1,10-14H2,2-4H3/t17-,18+,19+,21-,22+,23-/m1/s1. The molecule has 1 aromatic rings. The fraction of sp³-hybridized carbons (Fsp3) is 0.583. The number of aliphatic hydroxyl groups is 1. The summed E-state index contributed by atoms with van der Waals surface area (Å²) in [5.41, 5.74) is 1.99. The van der Waals surface area contributed by atoms with Gasteiger partial charge in [0.2, 0.25) is 5.91 Å². The molecule has 2 heterocycles. The number of cyclic esters (lactones) is 1. The molecule has 8 heteroatoms. The molecule has 2 saturated heterocycles. The topological polar surface area (TPSA) is 94.5 Å². The number of aliphatic hydroxyl groups excluding tert-OH is 1. The second-order valence-electron chi connectivity index (χ2n) is 8.58. The highest BCUT2D eigenvalue weighted by atomic mass is 16.7. The molecule has 0 saturated carbocycles. The van der Waals surface area contributed by atoms with Crippen LogP contribution in [0, 0.1) is 5.92 Å². The summed E-state index contributed by atoms with van der Waals surface area (Å²) in [4.78, 5) is 26.4. The summed E-state index contributed by atoms with van der Waals surface area (Å²) in [6, 6.07) is 9.18. The maximum Gasteiger partial charge on any atom is 0.416 e. The van der Waals surface area contributed by atoms with Crippen molar-refractivity contribution in [1.82, 2.24) is 4.90 Å². The van der Waals surface area contributed by atoms with Gasteiger partial charge in [-0.1, -0.05) is 35.9 Å². The van der Waals surface area contributed by atoms with Crippen LogP contribution >= 0.6 is 0 Å². The van der Waals surface area contributed by atoms with E-state index in [1.54, 1.807) is 7.11 Å². The molecule has 0 aromatic heterocycles. The van der Waals surface area contributed by atoms with Crippen molar-refractivity contribution < 1.29 is 33.6 Å². The fourth-order valence-corrected chi connectivity index (χ4v) is 4.57. The van der Waals surface area contributed by atoms with Crippen LogP contribution in [0.5, 0.6) is 0 Å². The molecule has 6 atom stereocenters. The van der Waals surface area contributed by atoms with Crippen molar-refractivity contribution in [2.24, 2.45) is 5.92 Å². The van der Waals surface area contributed by atoms with Gasteiger partial charge in [-0.25, -0.2) is 9.69 Å². The van der Waals surface area contributed by atoms with Crippen molar-refractivity contribution in [3.8, 4) is 0 Å². The molecule has 32 heavy (non-hydrogen) atoms. The van der Waals surface area contributed by atoms with Crippen molar-refractivity contribution >= 4 is 12.0 Å². The first kappa shape index (κ1) is 24.4. The molecule has 0 spiro atoms. The normalized spacial score (nSPS) is 27.2. The zero-order valence-corrected chi connectivity index (χ0v) is 18.9. The highest BCUT2D eigenvalue weighted by Crippen LogP contribution is 2.35. The summed E-state index contributed by atoms with van der Waals surface area (Å²) in [6.07, 6.45) is -1.92. The highest BCUT2D eigenvalue weighted by Gasteiger charge is 2.45. The van der Waals surface area contributed by atoms with Crippen molar-refractivity contribution in [2.45, 2.75) is 63.3 Å². The predicted octanol–water partition coefficient (Wildman–Crippen LogP) is 2.69. The molecule has 2 aliphatic rings. The quantitative estimate of drug-likeness (QED) is 0.551. The van der Waals surface area contributed by atoms with Gasteiger partial charge in [0.1, 0.15) is 12.7 Å². The van der Waals surface area contributed by atoms with Crippen LogP contribution in [0.2, 0.25) is 0 Å². The van der Waals surface area contributed by atoms with Crippen LogP contribution < -0.4 is 0 Å². The Kier molecular flexibility index (Phi) is 8.42. The minimum Gasteiger partial charge on any atom is -0.447 e. The number of methoxy groups -OCH3 is 2. The fourth-order valence-electron chi connectivity index (χ4n) is 4.57. The van der Waals surface area contributed by atoms with Gasteiger partial charge in [0.05, 0.1) is 24.7 Å². The van der Waals surface area contributed by atoms with E-state index in [9.17, 15) is 14.7 Å². The Morgan fingerprint density at radius 2 is 2.03 bits per heavy atom. The van der Waals surface area contributed by atoms with Crippen LogP contribution in [0.15, 0.2) is 42.5 Å². The van der Waals surface area contributed by atoms with Gasteiger partial charge in [-0.2, -0.15) is 0 Å². The first-order chi connectivity index (χ1) is 15.3. The number of benzene rings is 1.